The van der Waals surface area contributed by atoms with Gasteiger partial charge in [-0.05, 0) is 29.8 Å². The van der Waals surface area contributed by atoms with Crippen LogP contribution in [0, 0.1) is 0 Å². The van der Waals surface area contributed by atoms with Gasteiger partial charge in [-0.1, -0.05) is 40.2 Å². The highest BCUT2D eigenvalue weighted by molar-refractivity contribution is 9.09. The number of esters is 1. The van der Waals surface area contributed by atoms with E-state index in [9.17, 15) is 4.79 Å². The van der Waals surface area contributed by atoms with Gasteiger partial charge in [-0.3, -0.25) is 4.79 Å². The number of hydrogen-bond acceptors (Lipinski definition) is 6. The number of methoxy groups -OCH3 is 1. The summed E-state index contributed by atoms with van der Waals surface area (Å²) in [7, 11) is 3.27. The molecule has 3 rings (SSSR count). The molecule has 26 heavy (non-hydrogen) atoms. The van der Waals surface area contributed by atoms with E-state index >= 15 is 0 Å². The Kier molecular flexibility index (Phi) is 5.78. The number of hydrogen-bond donors (Lipinski definition) is 0. The number of rotatable bonds is 7. The third kappa shape index (κ3) is 4.16. The number of alkyl halides is 1. The SMILES string of the molecule is COC(=O)C(Br)c1ccc(OCCN(C)c2nc3ccccc3o2)cc1. The van der Waals surface area contributed by atoms with Crippen molar-refractivity contribution >= 4 is 39.0 Å². The highest BCUT2D eigenvalue weighted by Crippen LogP contribution is 2.26. The van der Waals surface area contributed by atoms with E-state index in [0.29, 0.717) is 19.2 Å². The van der Waals surface area contributed by atoms with Gasteiger partial charge in [-0.25, -0.2) is 0 Å². The van der Waals surface area contributed by atoms with Gasteiger partial charge in [0.2, 0.25) is 0 Å². The average molecular weight is 419 g/mol. The molecule has 0 aliphatic rings. The largest absolute Gasteiger partial charge is 0.492 e. The molecule has 0 bridgehead atoms. The van der Waals surface area contributed by atoms with E-state index in [0.717, 1.165) is 22.4 Å². The number of oxazole rings is 1. The third-order valence-electron chi connectivity index (χ3n) is 3.89. The number of fused-ring (bicyclic) bond motifs is 1. The minimum Gasteiger partial charge on any atom is -0.492 e. The Morgan fingerprint density at radius 2 is 1.96 bits per heavy atom. The number of aromatic nitrogens is 1. The molecule has 3 aromatic rings. The summed E-state index contributed by atoms with van der Waals surface area (Å²) in [5.74, 6) is 0.392. The van der Waals surface area contributed by atoms with E-state index in [1.165, 1.54) is 7.11 Å². The van der Waals surface area contributed by atoms with Crippen molar-refractivity contribution in [3.63, 3.8) is 0 Å². The van der Waals surface area contributed by atoms with E-state index in [4.69, 9.17) is 13.9 Å². The van der Waals surface area contributed by atoms with Crippen LogP contribution in [-0.4, -0.2) is 38.3 Å². The van der Waals surface area contributed by atoms with Gasteiger partial charge in [0, 0.05) is 7.05 Å². The van der Waals surface area contributed by atoms with Gasteiger partial charge in [0.25, 0.3) is 6.01 Å². The molecule has 0 fully saturated rings. The van der Waals surface area contributed by atoms with Gasteiger partial charge in [0.15, 0.2) is 5.58 Å². The molecule has 0 aliphatic heterocycles. The molecule has 1 unspecified atom stereocenters. The van der Waals surface area contributed by atoms with Crippen LogP contribution in [-0.2, 0) is 9.53 Å². The fraction of sp³-hybridized carbons (Fsp3) is 0.263. The van der Waals surface area contributed by atoms with Crippen LogP contribution in [0.1, 0.15) is 10.4 Å². The van der Waals surface area contributed by atoms with Crippen LogP contribution in [0.5, 0.6) is 5.75 Å². The number of halogens is 1. The van der Waals surface area contributed by atoms with E-state index in [1.807, 2.05) is 60.5 Å². The number of carbonyl (C=O) groups excluding carboxylic acids is 1. The predicted molar refractivity (Wildman–Crippen MR) is 103 cm³/mol. The van der Waals surface area contributed by atoms with Crippen LogP contribution < -0.4 is 9.64 Å². The van der Waals surface area contributed by atoms with Crippen molar-refractivity contribution in [1.82, 2.24) is 4.98 Å². The first-order valence-electron chi connectivity index (χ1n) is 8.10. The van der Waals surface area contributed by atoms with Crippen molar-refractivity contribution in [3.05, 3.63) is 54.1 Å². The molecular weight excluding hydrogens is 400 g/mol. The molecule has 6 nitrogen and oxygen atoms in total. The standard InChI is InChI=1S/C19H19BrN2O4/c1-22(19-21-15-5-3-4-6-16(15)26-19)11-12-25-14-9-7-13(8-10-14)17(20)18(23)24-2/h3-10,17H,11-12H2,1-2H3. The van der Waals surface area contributed by atoms with Crippen molar-refractivity contribution in [2.24, 2.45) is 0 Å². The van der Waals surface area contributed by atoms with Crippen LogP contribution in [0.4, 0.5) is 6.01 Å². The minimum atomic E-state index is -0.480. The van der Waals surface area contributed by atoms with E-state index in [-0.39, 0.29) is 5.97 Å². The third-order valence-corrected chi connectivity index (χ3v) is 4.79. The lowest BCUT2D eigenvalue weighted by molar-refractivity contribution is -0.139. The Balaban J connectivity index is 1.53. The average Bonchev–Trinajstić information content (AvgIpc) is 3.11. The number of carbonyl (C=O) groups is 1. The number of likely N-dealkylation sites (N-methyl/N-ethyl adjacent to an activating group) is 1. The Labute approximate surface area is 159 Å². The second kappa shape index (κ2) is 8.23. The van der Waals surface area contributed by atoms with E-state index < -0.39 is 4.83 Å². The Bertz CT molecular complexity index is 846. The fourth-order valence-corrected chi connectivity index (χ4v) is 2.88. The van der Waals surface area contributed by atoms with Gasteiger partial charge >= 0.3 is 5.97 Å². The molecular formula is C19H19BrN2O4. The zero-order chi connectivity index (χ0) is 18.5. The first-order valence-corrected chi connectivity index (χ1v) is 9.01. The molecule has 0 saturated heterocycles. The van der Waals surface area contributed by atoms with Crippen molar-refractivity contribution in [2.45, 2.75) is 4.83 Å². The van der Waals surface area contributed by atoms with Gasteiger partial charge in [0.1, 0.15) is 22.7 Å². The number of benzene rings is 2. The zero-order valence-corrected chi connectivity index (χ0v) is 16.1. The molecule has 136 valence electrons. The lowest BCUT2D eigenvalue weighted by Crippen LogP contribution is -2.23. The van der Waals surface area contributed by atoms with Crippen molar-refractivity contribution in [3.8, 4) is 5.75 Å². The van der Waals surface area contributed by atoms with Gasteiger partial charge in [0.05, 0.1) is 13.7 Å². The maximum atomic E-state index is 11.5. The van der Waals surface area contributed by atoms with Crippen LogP contribution in [0.15, 0.2) is 52.9 Å². The van der Waals surface area contributed by atoms with Crippen LogP contribution in [0.2, 0.25) is 0 Å². The minimum absolute atomic E-state index is 0.335. The summed E-state index contributed by atoms with van der Waals surface area (Å²) in [6.45, 7) is 1.10. The van der Waals surface area contributed by atoms with Gasteiger partial charge in [-0.15, -0.1) is 0 Å². The first-order chi connectivity index (χ1) is 12.6. The summed E-state index contributed by atoms with van der Waals surface area (Å²) in [5.41, 5.74) is 2.41. The second-order valence-corrected chi connectivity index (χ2v) is 6.60. The number of nitrogens with zero attached hydrogens (tertiary/aromatic N) is 2. The Hall–Kier alpha value is -2.54. The molecule has 1 heterocycles. The summed E-state index contributed by atoms with van der Waals surface area (Å²) in [4.78, 5) is 17.4. The highest BCUT2D eigenvalue weighted by Gasteiger charge is 2.17. The zero-order valence-electron chi connectivity index (χ0n) is 14.5. The molecule has 0 N–H and O–H groups in total. The van der Waals surface area contributed by atoms with Crippen LogP contribution in [0.25, 0.3) is 11.1 Å². The summed E-state index contributed by atoms with van der Waals surface area (Å²) < 4.78 is 16.2. The lowest BCUT2D eigenvalue weighted by Gasteiger charge is -2.15. The number of para-hydroxylation sites is 2. The normalized spacial score (nSPS) is 12.0. The predicted octanol–water partition coefficient (Wildman–Crippen LogP) is 3.95. The molecule has 0 spiro atoms. The van der Waals surface area contributed by atoms with Crippen molar-refractivity contribution in [2.75, 3.05) is 32.2 Å². The van der Waals surface area contributed by atoms with Crippen molar-refractivity contribution < 1.29 is 18.7 Å². The van der Waals surface area contributed by atoms with Gasteiger partial charge < -0.3 is 18.8 Å². The molecule has 0 amide bonds. The van der Waals surface area contributed by atoms with E-state index in [1.54, 1.807) is 0 Å². The monoisotopic (exact) mass is 418 g/mol. The maximum Gasteiger partial charge on any atom is 0.323 e. The molecule has 2 aromatic carbocycles. The summed E-state index contributed by atoms with van der Waals surface area (Å²) in [5, 5.41) is 0. The van der Waals surface area contributed by atoms with Gasteiger partial charge in [-0.2, -0.15) is 4.98 Å². The number of anilines is 1. The Morgan fingerprint density at radius 3 is 2.65 bits per heavy atom. The first kappa shape index (κ1) is 18.3. The Morgan fingerprint density at radius 1 is 1.23 bits per heavy atom. The molecule has 1 atom stereocenters. The highest BCUT2D eigenvalue weighted by atomic mass is 79.9. The lowest BCUT2D eigenvalue weighted by atomic mass is 10.1. The fourth-order valence-electron chi connectivity index (χ4n) is 2.39. The molecule has 7 heteroatoms. The molecule has 1 aromatic heterocycles. The van der Waals surface area contributed by atoms with Crippen LogP contribution in [0.3, 0.4) is 0 Å². The summed E-state index contributed by atoms with van der Waals surface area (Å²) in [6.07, 6.45) is 0. The molecule has 0 saturated carbocycles. The van der Waals surface area contributed by atoms with E-state index in [2.05, 4.69) is 20.9 Å². The molecule has 0 aliphatic carbocycles. The topological polar surface area (TPSA) is 64.8 Å². The van der Waals surface area contributed by atoms with Crippen LogP contribution >= 0.6 is 15.9 Å². The van der Waals surface area contributed by atoms with Crippen molar-refractivity contribution in [1.29, 1.82) is 0 Å². The molecule has 0 radical (unpaired) electrons. The summed E-state index contributed by atoms with van der Waals surface area (Å²) in [6, 6.07) is 15.5. The maximum absolute atomic E-state index is 11.5. The quantitative estimate of drug-likeness (QED) is 0.427. The second-order valence-electron chi connectivity index (χ2n) is 5.69. The number of ether oxygens (including phenoxy) is 2. The smallest absolute Gasteiger partial charge is 0.323 e. The summed E-state index contributed by atoms with van der Waals surface area (Å²) >= 11 is 3.31.